The molecule has 3 aromatic rings. The van der Waals surface area contributed by atoms with Crippen molar-refractivity contribution in [3.63, 3.8) is 0 Å². The summed E-state index contributed by atoms with van der Waals surface area (Å²) in [5, 5.41) is 21.8. The van der Waals surface area contributed by atoms with Gasteiger partial charge in [0.05, 0.1) is 16.2 Å². The van der Waals surface area contributed by atoms with Crippen molar-refractivity contribution in [3.05, 3.63) is 52.3 Å². The Balaban J connectivity index is 1.87. The summed E-state index contributed by atoms with van der Waals surface area (Å²) < 4.78 is 41.9. The second-order valence-electron chi connectivity index (χ2n) is 7.22. The first kappa shape index (κ1) is 22.9. The van der Waals surface area contributed by atoms with Gasteiger partial charge in [0.1, 0.15) is 11.3 Å². The number of hydroxylamine groups is 1. The number of aromatic amines is 1. The maximum atomic E-state index is 14.3. The summed E-state index contributed by atoms with van der Waals surface area (Å²) in [6.07, 6.45) is 1.78. The van der Waals surface area contributed by atoms with Gasteiger partial charge in [-0.3, -0.25) is 10.6 Å². The Hall–Kier alpha value is -2.82. The third kappa shape index (κ3) is 5.09. The average molecular weight is 455 g/mol. The first-order valence-electron chi connectivity index (χ1n) is 9.48. The molecular formula is C20H22ClF3N6O. The fraction of sp³-hybridized carbons (Fsp3) is 0.300. The van der Waals surface area contributed by atoms with Crippen molar-refractivity contribution in [3.8, 4) is 0 Å². The van der Waals surface area contributed by atoms with Gasteiger partial charge < -0.3 is 15.2 Å². The number of H-pyrrole nitrogens is 1. The number of hydrogen-bond donors (Lipinski definition) is 4. The van der Waals surface area contributed by atoms with Gasteiger partial charge in [-0.25, -0.2) is 23.2 Å². The third-order valence-electron chi connectivity index (χ3n) is 4.60. The average Bonchev–Trinajstić information content (AvgIpc) is 3.15. The minimum absolute atomic E-state index is 0.0203. The standard InChI is InChI=1S/C20H22ClF3N6O/c1-29(2)8-4-3-7-26-20-27-17-12(10-15(23)16(24)18(17)28-20)19(25)30(31)11-5-6-14(22)13(21)9-11/h5-6,9-10,25,31H,3-4,7-8H2,1-2H3,(H2,26,27,28). The van der Waals surface area contributed by atoms with Gasteiger partial charge in [0, 0.05) is 12.1 Å². The molecule has 0 spiro atoms. The minimum Gasteiger partial charge on any atom is -0.356 e. The number of aromatic nitrogens is 2. The molecule has 3 rings (SSSR count). The number of benzene rings is 2. The smallest absolute Gasteiger partial charge is 0.201 e. The second kappa shape index (κ2) is 9.54. The molecule has 2 aromatic carbocycles. The molecule has 1 heterocycles. The van der Waals surface area contributed by atoms with Gasteiger partial charge in [-0.15, -0.1) is 0 Å². The van der Waals surface area contributed by atoms with E-state index in [9.17, 15) is 18.4 Å². The number of anilines is 2. The lowest BCUT2D eigenvalue weighted by Crippen LogP contribution is -2.27. The van der Waals surface area contributed by atoms with E-state index in [0.29, 0.717) is 11.6 Å². The van der Waals surface area contributed by atoms with Crippen LogP contribution >= 0.6 is 11.6 Å². The number of amidine groups is 1. The summed E-state index contributed by atoms with van der Waals surface area (Å²) in [4.78, 5) is 8.94. The Morgan fingerprint density at radius 3 is 2.61 bits per heavy atom. The Morgan fingerprint density at radius 2 is 1.94 bits per heavy atom. The molecule has 0 saturated carbocycles. The van der Waals surface area contributed by atoms with Crippen molar-refractivity contribution >= 4 is 40.1 Å². The SMILES string of the molecule is CN(C)CCCCNc1nc2c(F)c(F)cc(C(=N)N(O)c3ccc(F)c(Cl)c3)c2[nH]1. The maximum Gasteiger partial charge on any atom is 0.201 e. The Kier molecular flexibility index (Phi) is 7.04. The fourth-order valence-corrected chi connectivity index (χ4v) is 3.17. The maximum absolute atomic E-state index is 14.3. The van der Waals surface area contributed by atoms with E-state index in [1.54, 1.807) is 0 Å². The lowest BCUT2D eigenvalue weighted by molar-refractivity contribution is 0.312. The number of unbranched alkanes of at least 4 members (excludes halogenated alkanes) is 1. The van der Waals surface area contributed by atoms with Gasteiger partial charge in [0.2, 0.25) is 5.95 Å². The summed E-state index contributed by atoms with van der Waals surface area (Å²) in [6.45, 7) is 1.48. The minimum atomic E-state index is -1.22. The predicted molar refractivity (Wildman–Crippen MR) is 115 cm³/mol. The molecule has 0 aliphatic rings. The highest BCUT2D eigenvalue weighted by molar-refractivity contribution is 6.31. The molecule has 11 heteroatoms. The molecule has 7 nitrogen and oxygen atoms in total. The number of fused-ring (bicyclic) bond motifs is 1. The van der Waals surface area contributed by atoms with Crippen LogP contribution in [0.3, 0.4) is 0 Å². The summed E-state index contributed by atoms with van der Waals surface area (Å²) in [7, 11) is 3.95. The molecule has 0 aliphatic heterocycles. The highest BCUT2D eigenvalue weighted by Crippen LogP contribution is 2.28. The van der Waals surface area contributed by atoms with Crippen molar-refractivity contribution in [2.24, 2.45) is 0 Å². The van der Waals surface area contributed by atoms with Gasteiger partial charge in [-0.05, 0) is 57.7 Å². The monoisotopic (exact) mass is 454 g/mol. The molecule has 0 unspecified atom stereocenters. The molecule has 0 amide bonds. The third-order valence-corrected chi connectivity index (χ3v) is 4.89. The van der Waals surface area contributed by atoms with Crippen LogP contribution in [0.2, 0.25) is 5.02 Å². The molecule has 0 saturated heterocycles. The number of hydrogen-bond acceptors (Lipinski definition) is 5. The Bertz CT molecular complexity index is 1100. The van der Waals surface area contributed by atoms with Crippen molar-refractivity contribution in [1.82, 2.24) is 14.9 Å². The molecule has 0 radical (unpaired) electrons. The zero-order valence-corrected chi connectivity index (χ0v) is 17.7. The summed E-state index contributed by atoms with van der Waals surface area (Å²) >= 11 is 5.72. The number of nitrogens with one attached hydrogen (secondary N) is 3. The van der Waals surface area contributed by atoms with Crippen LogP contribution in [0.25, 0.3) is 11.0 Å². The number of nitrogens with zero attached hydrogens (tertiary/aromatic N) is 3. The van der Waals surface area contributed by atoms with E-state index in [-0.39, 0.29) is 33.3 Å². The molecule has 1 aromatic heterocycles. The summed E-state index contributed by atoms with van der Waals surface area (Å²) in [6, 6.07) is 4.10. The topological polar surface area (TPSA) is 91.3 Å². The lowest BCUT2D eigenvalue weighted by atomic mass is 10.1. The van der Waals surface area contributed by atoms with E-state index in [1.165, 1.54) is 6.07 Å². The van der Waals surface area contributed by atoms with Crippen LogP contribution in [0, 0.1) is 22.9 Å². The van der Waals surface area contributed by atoms with E-state index in [2.05, 4.69) is 20.2 Å². The predicted octanol–water partition coefficient (Wildman–Crippen LogP) is 4.61. The van der Waals surface area contributed by atoms with Crippen molar-refractivity contribution in [2.45, 2.75) is 12.8 Å². The lowest BCUT2D eigenvalue weighted by Gasteiger charge is -2.18. The largest absolute Gasteiger partial charge is 0.356 e. The molecule has 166 valence electrons. The first-order valence-corrected chi connectivity index (χ1v) is 9.86. The van der Waals surface area contributed by atoms with E-state index >= 15 is 0 Å². The second-order valence-corrected chi connectivity index (χ2v) is 7.63. The molecule has 0 fully saturated rings. The number of imidazole rings is 1. The van der Waals surface area contributed by atoms with Gasteiger partial charge in [-0.1, -0.05) is 11.6 Å². The van der Waals surface area contributed by atoms with Crippen LogP contribution < -0.4 is 10.4 Å². The van der Waals surface area contributed by atoms with Gasteiger partial charge in [0.25, 0.3) is 0 Å². The normalized spacial score (nSPS) is 11.4. The van der Waals surface area contributed by atoms with Crippen LogP contribution in [-0.4, -0.2) is 53.1 Å². The van der Waals surface area contributed by atoms with E-state index in [1.807, 2.05) is 14.1 Å². The van der Waals surface area contributed by atoms with Crippen LogP contribution in [0.1, 0.15) is 18.4 Å². The molecule has 0 aliphatic carbocycles. The molecule has 31 heavy (non-hydrogen) atoms. The highest BCUT2D eigenvalue weighted by Gasteiger charge is 2.22. The van der Waals surface area contributed by atoms with Crippen LogP contribution in [0.4, 0.5) is 24.8 Å². The summed E-state index contributed by atoms with van der Waals surface area (Å²) in [5.41, 5.74) is -0.425. The van der Waals surface area contributed by atoms with E-state index in [0.717, 1.165) is 37.6 Å². The van der Waals surface area contributed by atoms with Gasteiger partial charge in [-0.2, -0.15) is 0 Å². The molecule has 4 N–H and O–H groups in total. The quantitative estimate of drug-likeness (QED) is 0.173. The van der Waals surface area contributed by atoms with Crippen LogP contribution in [-0.2, 0) is 0 Å². The molecule has 0 atom stereocenters. The fourth-order valence-electron chi connectivity index (χ4n) is 2.99. The van der Waals surface area contributed by atoms with Gasteiger partial charge >= 0.3 is 0 Å². The van der Waals surface area contributed by atoms with Crippen molar-refractivity contribution < 1.29 is 18.4 Å². The van der Waals surface area contributed by atoms with E-state index in [4.69, 9.17) is 17.0 Å². The zero-order valence-electron chi connectivity index (χ0n) is 16.9. The highest BCUT2D eigenvalue weighted by atomic mass is 35.5. The van der Waals surface area contributed by atoms with Gasteiger partial charge in [0.15, 0.2) is 17.5 Å². The van der Waals surface area contributed by atoms with Crippen LogP contribution in [0.5, 0.6) is 0 Å². The van der Waals surface area contributed by atoms with Crippen molar-refractivity contribution in [2.75, 3.05) is 37.6 Å². The Morgan fingerprint density at radius 1 is 1.19 bits per heavy atom. The first-order chi connectivity index (χ1) is 14.7. The van der Waals surface area contributed by atoms with Crippen LogP contribution in [0.15, 0.2) is 24.3 Å². The summed E-state index contributed by atoms with van der Waals surface area (Å²) in [5.74, 6) is -3.45. The number of rotatable bonds is 8. The zero-order chi connectivity index (χ0) is 22.7. The van der Waals surface area contributed by atoms with Crippen molar-refractivity contribution in [1.29, 1.82) is 5.41 Å². The molecule has 0 bridgehead atoms. The number of halogens is 4. The Labute approximate surface area is 181 Å². The van der Waals surface area contributed by atoms with E-state index < -0.39 is 23.3 Å². The molecular weight excluding hydrogens is 433 g/mol.